The first-order valence-corrected chi connectivity index (χ1v) is 4.51. The Bertz CT molecular complexity index is 251. The maximum absolute atomic E-state index is 5.78. The van der Waals surface area contributed by atoms with Crippen molar-refractivity contribution in [1.29, 1.82) is 0 Å². The average Bonchev–Trinajstić information content (AvgIpc) is 2.22. The highest BCUT2D eigenvalue weighted by molar-refractivity contribution is 5.26. The fraction of sp³-hybridized carbons (Fsp3) is 0.455. The molecular formula is C11H17NO. The number of rotatable bonds is 2. The Morgan fingerprint density at radius 2 is 2.08 bits per heavy atom. The van der Waals surface area contributed by atoms with Crippen molar-refractivity contribution in [2.45, 2.75) is 25.9 Å². The number of ether oxygens (including phenoxy) is 1. The number of nitrogens with one attached hydrogen (secondary N) is 1. The standard InChI is InChI=1S/C11H17NO/c1-5-9-10(6-2)13-11(3,4)7-8-12-9/h5-6,12H,1-2,7-8H2,3-4H3. The zero-order chi connectivity index (χ0) is 9.90. The van der Waals surface area contributed by atoms with Gasteiger partial charge in [-0.05, 0) is 26.0 Å². The fourth-order valence-corrected chi connectivity index (χ4v) is 1.31. The van der Waals surface area contributed by atoms with Crippen LogP contribution in [-0.4, -0.2) is 12.1 Å². The van der Waals surface area contributed by atoms with Crippen LogP contribution in [0.15, 0.2) is 36.8 Å². The van der Waals surface area contributed by atoms with Gasteiger partial charge in [0.2, 0.25) is 0 Å². The SMILES string of the molecule is C=CC1=C(C=C)OC(C)(C)CCN1. The minimum atomic E-state index is -0.124. The third-order valence-electron chi connectivity index (χ3n) is 2.08. The van der Waals surface area contributed by atoms with Crippen LogP contribution >= 0.6 is 0 Å². The molecule has 13 heavy (non-hydrogen) atoms. The van der Waals surface area contributed by atoms with Crippen LogP contribution in [0.25, 0.3) is 0 Å². The highest BCUT2D eigenvalue weighted by atomic mass is 16.5. The van der Waals surface area contributed by atoms with E-state index in [9.17, 15) is 0 Å². The first kappa shape index (κ1) is 9.90. The molecule has 0 atom stereocenters. The van der Waals surface area contributed by atoms with Crippen molar-refractivity contribution >= 4 is 0 Å². The molecule has 0 fully saturated rings. The maximum atomic E-state index is 5.78. The van der Waals surface area contributed by atoms with Gasteiger partial charge in [-0.1, -0.05) is 13.2 Å². The van der Waals surface area contributed by atoms with Crippen LogP contribution in [0.4, 0.5) is 0 Å². The third-order valence-corrected chi connectivity index (χ3v) is 2.08. The van der Waals surface area contributed by atoms with Crippen LogP contribution in [-0.2, 0) is 4.74 Å². The van der Waals surface area contributed by atoms with Crippen molar-refractivity contribution in [2.75, 3.05) is 6.54 Å². The summed E-state index contributed by atoms with van der Waals surface area (Å²) in [5.41, 5.74) is 0.807. The summed E-state index contributed by atoms with van der Waals surface area (Å²) >= 11 is 0. The van der Waals surface area contributed by atoms with Crippen LogP contribution in [0.3, 0.4) is 0 Å². The molecule has 0 aromatic rings. The zero-order valence-electron chi connectivity index (χ0n) is 8.39. The summed E-state index contributed by atoms with van der Waals surface area (Å²) in [6, 6.07) is 0. The second-order valence-electron chi connectivity index (χ2n) is 3.72. The molecule has 2 nitrogen and oxygen atoms in total. The van der Waals surface area contributed by atoms with E-state index in [4.69, 9.17) is 4.74 Å². The van der Waals surface area contributed by atoms with Crippen LogP contribution < -0.4 is 5.32 Å². The molecule has 1 aliphatic heterocycles. The molecule has 1 rings (SSSR count). The van der Waals surface area contributed by atoms with Crippen LogP contribution in [0, 0.1) is 0 Å². The van der Waals surface area contributed by atoms with E-state index in [0.717, 1.165) is 24.4 Å². The number of hydrogen-bond acceptors (Lipinski definition) is 2. The van der Waals surface area contributed by atoms with E-state index in [-0.39, 0.29) is 5.60 Å². The van der Waals surface area contributed by atoms with E-state index in [1.54, 1.807) is 12.2 Å². The Morgan fingerprint density at radius 1 is 1.38 bits per heavy atom. The van der Waals surface area contributed by atoms with E-state index >= 15 is 0 Å². The van der Waals surface area contributed by atoms with Gasteiger partial charge < -0.3 is 10.1 Å². The molecule has 0 spiro atoms. The Kier molecular flexibility index (Phi) is 2.81. The number of allylic oxidation sites excluding steroid dienone is 2. The van der Waals surface area contributed by atoms with Gasteiger partial charge in [-0.15, -0.1) is 0 Å². The molecule has 0 unspecified atom stereocenters. The summed E-state index contributed by atoms with van der Waals surface area (Å²) in [4.78, 5) is 0. The second kappa shape index (κ2) is 3.69. The lowest BCUT2D eigenvalue weighted by atomic mass is 10.1. The predicted octanol–water partition coefficient (Wildman–Crippen LogP) is 2.36. The maximum Gasteiger partial charge on any atom is 0.142 e. The molecule has 72 valence electrons. The first-order chi connectivity index (χ1) is 6.09. The smallest absolute Gasteiger partial charge is 0.142 e. The van der Waals surface area contributed by atoms with E-state index in [0.29, 0.717) is 0 Å². The third kappa shape index (κ3) is 2.38. The molecule has 0 amide bonds. The van der Waals surface area contributed by atoms with Gasteiger partial charge in [-0.3, -0.25) is 0 Å². The average molecular weight is 179 g/mol. The van der Waals surface area contributed by atoms with Crippen molar-refractivity contribution in [2.24, 2.45) is 0 Å². The largest absolute Gasteiger partial charge is 0.486 e. The van der Waals surface area contributed by atoms with Gasteiger partial charge in [0.1, 0.15) is 11.4 Å². The summed E-state index contributed by atoms with van der Waals surface area (Å²) in [6.45, 7) is 12.5. The zero-order valence-corrected chi connectivity index (χ0v) is 8.39. The molecule has 0 radical (unpaired) electrons. The highest BCUT2D eigenvalue weighted by Gasteiger charge is 2.23. The Balaban J connectivity index is 2.94. The van der Waals surface area contributed by atoms with Crippen LogP contribution in [0.2, 0.25) is 0 Å². The Hall–Kier alpha value is -1.18. The van der Waals surface area contributed by atoms with Gasteiger partial charge >= 0.3 is 0 Å². The molecular weight excluding hydrogens is 162 g/mol. The summed E-state index contributed by atoms with van der Waals surface area (Å²) in [7, 11) is 0. The van der Waals surface area contributed by atoms with Crippen LogP contribution in [0.1, 0.15) is 20.3 Å². The molecule has 1 aliphatic rings. The van der Waals surface area contributed by atoms with Gasteiger partial charge in [0.15, 0.2) is 0 Å². The van der Waals surface area contributed by atoms with E-state index in [1.165, 1.54) is 0 Å². The first-order valence-electron chi connectivity index (χ1n) is 4.51. The molecule has 0 aromatic heterocycles. The van der Waals surface area contributed by atoms with E-state index in [1.807, 2.05) is 0 Å². The minimum Gasteiger partial charge on any atom is -0.486 e. The summed E-state index contributed by atoms with van der Waals surface area (Å²) in [5.74, 6) is 0.789. The van der Waals surface area contributed by atoms with Gasteiger partial charge in [-0.25, -0.2) is 0 Å². The van der Waals surface area contributed by atoms with E-state index in [2.05, 4.69) is 32.3 Å². The fourth-order valence-electron chi connectivity index (χ4n) is 1.31. The highest BCUT2D eigenvalue weighted by Crippen LogP contribution is 2.23. The molecule has 1 N–H and O–H groups in total. The number of hydrogen-bond donors (Lipinski definition) is 1. The topological polar surface area (TPSA) is 21.3 Å². The summed E-state index contributed by atoms with van der Waals surface area (Å²) in [6.07, 6.45) is 4.46. The Labute approximate surface area is 80.0 Å². The van der Waals surface area contributed by atoms with Crippen molar-refractivity contribution in [3.05, 3.63) is 36.8 Å². The molecule has 0 saturated carbocycles. The molecule has 1 heterocycles. The van der Waals surface area contributed by atoms with Crippen molar-refractivity contribution < 1.29 is 4.74 Å². The lowest BCUT2D eigenvalue weighted by Gasteiger charge is -2.24. The lowest BCUT2D eigenvalue weighted by molar-refractivity contribution is 0.0402. The van der Waals surface area contributed by atoms with Crippen molar-refractivity contribution in [1.82, 2.24) is 5.32 Å². The quantitative estimate of drug-likeness (QED) is 0.702. The monoisotopic (exact) mass is 179 g/mol. The van der Waals surface area contributed by atoms with E-state index < -0.39 is 0 Å². The summed E-state index contributed by atoms with van der Waals surface area (Å²) < 4.78 is 5.78. The van der Waals surface area contributed by atoms with Gasteiger partial charge in [0.05, 0.1) is 5.70 Å². The Morgan fingerprint density at radius 3 is 2.62 bits per heavy atom. The minimum absolute atomic E-state index is 0.124. The molecule has 0 saturated heterocycles. The molecule has 0 bridgehead atoms. The molecule has 0 aromatic carbocycles. The second-order valence-corrected chi connectivity index (χ2v) is 3.72. The normalized spacial score (nSPS) is 21.1. The van der Waals surface area contributed by atoms with Crippen molar-refractivity contribution in [3.8, 4) is 0 Å². The van der Waals surface area contributed by atoms with Crippen LogP contribution in [0.5, 0.6) is 0 Å². The van der Waals surface area contributed by atoms with Gasteiger partial charge in [-0.2, -0.15) is 0 Å². The van der Waals surface area contributed by atoms with Gasteiger partial charge in [0.25, 0.3) is 0 Å². The lowest BCUT2D eigenvalue weighted by Crippen LogP contribution is -2.25. The predicted molar refractivity (Wildman–Crippen MR) is 55.2 cm³/mol. The molecule has 2 heteroatoms. The van der Waals surface area contributed by atoms with Gasteiger partial charge in [0, 0.05) is 13.0 Å². The van der Waals surface area contributed by atoms with Crippen molar-refractivity contribution in [3.63, 3.8) is 0 Å². The molecule has 0 aliphatic carbocycles. The summed E-state index contributed by atoms with van der Waals surface area (Å²) in [5, 5.41) is 3.25.